The fraction of sp³-hybridized carbons (Fsp3) is 0.516. The van der Waals surface area contributed by atoms with E-state index in [1.807, 2.05) is 95.3 Å². The first kappa shape index (κ1) is 29.5. The second-order valence-electron chi connectivity index (χ2n) is 12.0. The van der Waals surface area contributed by atoms with E-state index < -0.39 is 23.7 Å². The molecule has 1 heterocycles. The van der Waals surface area contributed by atoms with Crippen LogP contribution in [0.4, 0.5) is 0 Å². The smallest absolute Gasteiger partial charge is 0.243 e. The first-order valence-corrected chi connectivity index (χ1v) is 13.5. The topological polar surface area (TPSA) is 99.8 Å². The van der Waals surface area contributed by atoms with Gasteiger partial charge in [-0.2, -0.15) is 0 Å². The van der Waals surface area contributed by atoms with Crippen molar-refractivity contribution in [1.29, 1.82) is 0 Å². The number of carbonyl (C=O) groups excluding carboxylic acids is 3. The summed E-state index contributed by atoms with van der Waals surface area (Å²) >= 11 is 0. The number of hydrogen-bond acceptors (Lipinski definition) is 5. The van der Waals surface area contributed by atoms with Crippen molar-refractivity contribution >= 4 is 17.6 Å². The van der Waals surface area contributed by atoms with Crippen molar-refractivity contribution in [3.63, 3.8) is 0 Å². The lowest BCUT2D eigenvalue weighted by Crippen LogP contribution is -2.59. The molecule has 7 nitrogen and oxygen atoms in total. The lowest BCUT2D eigenvalue weighted by Gasteiger charge is -2.30. The molecule has 1 fully saturated rings. The van der Waals surface area contributed by atoms with Gasteiger partial charge in [-0.15, -0.1) is 0 Å². The summed E-state index contributed by atoms with van der Waals surface area (Å²) in [5.74, 6) is -0.565. The Morgan fingerprint density at radius 1 is 0.816 bits per heavy atom. The van der Waals surface area contributed by atoms with Crippen LogP contribution in [0, 0.1) is 5.92 Å². The Morgan fingerprint density at radius 2 is 1.26 bits per heavy atom. The van der Waals surface area contributed by atoms with E-state index in [4.69, 9.17) is 4.74 Å². The first-order chi connectivity index (χ1) is 17.9. The van der Waals surface area contributed by atoms with Crippen molar-refractivity contribution in [1.82, 2.24) is 16.0 Å². The van der Waals surface area contributed by atoms with Gasteiger partial charge in [0.15, 0.2) is 5.78 Å². The van der Waals surface area contributed by atoms with Gasteiger partial charge in [-0.25, -0.2) is 0 Å². The predicted octanol–water partition coefficient (Wildman–Crippen LogP) is 3.60. The molecule has 2 aromatic rings. The second kappa shape index (κ2) is 12.7. The van der Waals surface area contributed by atoms with Crippen LogP contribution in [0.2, 0.25) is 0 Å². The van der Waals surface area contributed by atoms with Gasteiger partial charge in [0.1, 0.15) is 11.6 Å². The highest BCUT2D eigenvalue weighted by Crippen LogP contribution is 2.29. The molecule has 0 spiro atoms. The molecule has 3 rings (SSSR count). The number of benzene rings is 2. The van der Waals surface area contributed by atoms with Crippen molar-refractivity contribution in [3.05, 3.63) is 71.8 Å². The van der Waals surface area contributed by atoms with Crippen molar-refractivity contribution < 1.29 is 19.1 Å². The Balaban J connectivity index is 1.82. The number of Topliss-reactive ketones (excluding diaryl/α,β-unsaturated/α-hetero) is 1. The highest BCUT2D eigenvalue weighted by Gasteiger charge is 2.50. The van der Waals surface area contributed by atoms with E-state index in [0.29, 0.717) is 25.9 Å². The van der Waals surface area contributed by atoms with Crippen molar-refractivity contribution in [2.45, 2.75) is 90.1 Å². The van der Waals surface area contributed by atoms with Crippen LogP contribution >= 0.6 is 0 Å². The lowest BCUT2D eigenvalue weighted by atomic mass is 9.93. The Bertz CT molecular complexity index is 1080. The van der Waals surface area contributed by atoms with Crippen LogP contribution in [0.3, 0.4) is 0 Å². The number of hydrogen-bond donors (Lipinski definition) is 3. The summed E-state index contributed by atoms with van der Waals surface area (Å²) in [4.78, 5) is 40.4. The van der Waals surface area contributed by atoms with Crippen LogP contribution in [0.1, 0.15) is 59.1 Å². The molecule has 2 aromatic carbocycles. The molecule has 0 aromatic heterocycles. The van der Waals surface area contributed by atoms with Crippen LogP contribution < -0.4 is 16.0 Å². The third kappa shape index (κ3) is 9.07. The van der Waals surface area contributed by atoms with Crippen molar-refractivity contribution in [2.75, 3.05) is 6.61 Å². The van der Waals surface area contributed by atoms with Gasteiger partial charge in [0.25, 0.3) is 0 Å². The van der Waals surface area contributed by atoms with Gasteiger partial charge >= 0.3 is 0 Å². The van der Waals surface area contributed by atoms with Crippen molar-refractivity contribution in [2.24, 2.45) is 5.92 Å². The number of nitrogens with one attached hydrogen (secondary N) is 3. The second-order valence-corrected chi connectivity index (χ2v) is 12.0. The molecular formula is C31H43N3O4. The van der Waals surface area contributed by atoms with Crippen LogP contribution in [-0.2, 0) is 32.0 Å². The quantitative estimate of drug-likeness (QED) is 0.350. The van der Waals surface area contributed by atoms with Gasteiger partial charge in [0.2, 0.25) is 11.8 Å². The minimum Gasteiger partial charge on any atom is -0.361 e. The molecule has 2 unspecified atom stereocenters. The van der Waals surface area contributed by atoms with Gasteiger partial charge in [0, 0.05) is 12.0 Å². The van der Waals surface area contributed by atoms with Gasteiger partial charge in [-0.3, -0.25) is 14.4 Å². The van der Waals surface area contributed by atoms with Gasteiger partial charge in [-0.1, -0.05) is 74.5 Å². The molecule has 2 amide bonds. The minimum atomic E-state index is -0.847. The van der Waals surface area contributed by atoms with E-state index in [0.717, 1.165) is 11.1 Å². The normalized spacial score (nSPS) is 19.3. The molecule has 206 valence electrons. The molecule has 1 saturated heterocycles. The number of ketones is 1. The monoisotopic (exact) mass is 521 g/mol. The molecule has 0 bridgehead atoms. The van der Waals surface area contributed by atoms with Crippen LogP contribution in [0.25, 0.3) is 0 Å². The largest absolute Gasteiger partial charge is 0.361 e. The molecular weight excluding hydrogens is 478 g/mol. The minimum absolute atomic E-state index is 0.124. The zero-order valence-electron chi connectivity index (χ0n) is 23.5. The van der Waals surface area contributed by atoms with E-state index in [1.54, 1.807) is 6.92 Å². The maximum Gasteiger partial charge on any atom is 0.243 e. The van der Waals surface area contributed by atoms with Gasteiger partial charge in [0.05, 0.1) is 18.7 Å². The number of epoxide rings is 1. The summed E-state index contributed by atoms with van der Waals surface area (Å²) < 4.78 is 5.38. The van der Waals surface area contributed by atoms with E-state index in [2.05, 4.69) is 16.0 Å². The van der Waals surface area contributed by atoms with E-state index in [9.17, 15) is 14.4 Å². The summed E-state index contributed by atoms with van der Waals surface area (Å²) in [6, 6.07) is 17.3. The highest BCUT2D eigenvalue weighted by atomic mass is 16.6. The van der Waals surface area contributed by atoms with E-state index >= 15 is 0 Å². The average Bonchev–Trinajstić information content (AvgIpc) is 3.61. The molecule has 0 saturated carbocycles. The zero-order chi connectivity index (χ0) is 27.9. The SMILES string of the molecule is CC(C)CC(NC(=O)[C@H](Cc1ccccc1)NC(=O)C(Cc1ccccc1)NC(C)(C)C)C(=O)[C@@]1(C)CO1. The average molecular weight is 522 g/mol. The Labute approximate surface area is 227 Å². The summed E-state index contributed by atoms with van der Waals surface area (Å²) in [6.45, 7) is 12.2. The number of amides is 2. The number of rotatable bonds is 13. The van der Waals surface area contributed by atoms with Gasteiger partial charge < -0.3 is 20.7 Å². The highest BCUT2D eigenvalue weighted by molar-refractivity contribution is 5.98. The summed E-state index contributed by atoms with van der Waals surface area (Å²) in [5.41, 5.74) is 0.777. The molecule has 1 aliphatic heterocycles. The molecule has 7 heteroatoms. The number of ether oxygens (including phenoxy) is 1. The predicted molar refractivity (Wildman–Crippen MR) is 150 cm³/mol. The molecule has 4 atom stereocenters. The van der Waals surface area contributed by atoms with Crippen LogP contribution in [-0.4, -0.2) is 53.5 Å². The molecule has 38 heavy (non-hydrogen) atoms. The Hall–Kier alpha value is -3.03. The first-order valence-electron chi connectivity index (χ1n) is 13.5. The van der Waals surface area contributed by atoms with E-state index in [1.165, 1.54) is 0 Å². The fourth-order valence-corrected chi connectivity index (χ4v) is 4.51. The number of carbonyl (C=O) groups is 3. The van der Waals surface area contributed by atoms with Crippen LogP contribution in [0.15, 0.2) is 60.7 Å². The maximum atomic E-state index is 13.7. The standard InChI is InChI=1S/C31H43N3O4/c1-21(2)17-24(27(35)31(6)20-38-31)32-28(36)25(18-22-13-9-7-10-14-22)33-29(37)26(34-30(3,4)5)19-23-15-11-8-12-16-23/h7-16,21,24-26,34H,17-20H2,1-6H3,(H,32,36)(H,33,37)/t24?,25-,26?,31+/m0/s1. The van der Waals surface area contributed by atoms with E-state index in [-0.39, 0.29) is 29.1 Å². The third-order valence-electron chi connectivity index (χ3n) is 6.56. The van der Waals surface area contributed by atoms with Gasteiger partial charge in [-0.05, 0) is 57.6 Å². The maximum absolute atomic E-state index is 13.7. The summed E-state index contributed by atoms with van der Waals surface area (Å²) in [6.07, 6.45) is 1.29. The fourth-order valence-electron chi connectivity index (χ4n) is 4.51. The zero-order valence-corrected chi connectivity index (χ0v) is 23.5. The molecule has 3 N–H and O–H groups in total. The lowest BCUT2D eigenvalue weighted by molar-refractivity contribution is -0.133. The third-order valence-corrected chi connectivity index (χ3v) is 6.56. The summed E-state index contributed by atoms with van der Waals surface area (Å²) in [7, 11) is 0. The molecule has 0 aliphatic carbocycles. The molecule has 1 aliphatic rings. The Kier molecular flexibility index (Phi) is 9.85. The van der Waals surface area contributed by atoms with Crippen LogP contribution in [0.5, 0.6) is 0 Å². The molecule has 0 radical (unpaired) electrons. The summed E-state index contributed by atoms with van der Waals surface area (Å²) in [5, 5.41) is 9.37. The van der Waals surface area contributed by atoms with Crippen molar-refractivity contribution in [3.8, 4) is 0 Å². The Morgan fingerprint density at radius 3 is 1.71 bits per heavy atom.